The lowest BCUT2D eigenvalue weighted by atomic mass is 10.1. The summed E-state index contributed by atoms with van der Waals surface area (Å²) in [6, 6.07) is 0. The highest BCUT2D eigenvalue weighted by molar-refractivity contribution is 5.60. The van der Waals surface area contributed by atoms with Crippen molar-refractivity contribution in [2.24, 2.45) is 11.8 Å². The van der Waals surface area contributed by atoms with E-state index in [1.807, 2.05) is 20.8 Å². The molecule has 0 aliphatic rings. The first-order valence-electron chi connectivity index (χ1n) is 6.84. The minimum atomic E-state index is -0.510. The molecule has 0 aromatic carbocycles. The Hall–Kier alpha value is -1.76. The van der Waals surface area contributed by atoms with Gasteiger partial charge in [-0.25, -0.2) is 4.79 Å². The quantitative estimate of drug-likeness (QED) is 0.571. The third-order valence-electron chi connectivity index (χ3n) is 3.04. The lowest BCUT2D eigenvalue weighted by molar-refractivity contribution is 0.266. The molecule has 1 aromatic rings. The van der Waals surface area contributed by atoms with Gasteiger partial charge >= 0.3 is 5.69 Å². The third kappa shape index (κ3) is 4.12. The molecule has 0 amide bonds. The number of aromatic nitrogens is 2. The molecule has 0 aliphatic carbocycles. The maximum Gasteiger partial charge on any atom is 0.330 e. The number of H-pyrrole nitrogens is 1. The normalized spacial score (nSPS) is 12.7. The van der Waals surface area contributed by atoms with E-state index in [9.17, 15) is 9.59 Å². The molecule has 0 saturated heterocycles. The van der Waals surface area contributed by atoms with E-state index in [1.165, 1.54) is 4.57 Å². The molecule has 0 aliphatic heterocycles. The molecule has 1 heterocycles. The first-order chi connectivity index (χ1) is 9.36. The van der Waals surface area contributed by atoms with Gasteiger partial charge in [0.05, 0.1) is 0 Å². The standard InChI is InChI=1S/C13H24N4O3/c1-8(2)7-17-11(14)10(12(19)16-13(17)20)15-6-9(3)4-5-18/h8-9,15,18H,4-7,14H2,1-3H3,(H,16,19,20). The maximum absolute atomic E-state index is 11.8. The van der Waals surface area contributed by atoms with Crippen LogP contribution in [-0.4, -0.2) is 27.8 Å². The second kappa shape index (κ2) is 7.14. The molecule has 1 unspecified atom stereocenters. The van der Waals surface area contributed by atoms with Crippen molar-refractivity contribution in [1.82, 2.24) is 9.55 Å². The Morgan fingerprint density at radius 2 is 2.00 bits per heavy atom. The molecule has 114 valence electrons. The van der Waals surface area contributed by atoms with Crippen LogP contribution in [0.15, 0.2) is 9.59 Å². The number of hydrogen-bond donors (Lipinski definition) is 4. The molecule has 7 heteroatoms. The monoisotopic (exact) mass is 284 g/mol. The van der Waals surface area contributed by atoms with Crippen LogP contribution in [0.25, 0.3) is 0 Å². The van der Waals surface area contributed by atoms with Crippen molar-refractivity contribution in [2.75, 3.05) is 24.2 Å². The fourth-order valence-electron chi connectivity index (χ4n) is 1.90. The zero-order chi connectivity index (χ0) is 15.3. The van der Waals surface area contributed by atoms with Crippen molar-refractivity contribution >= 4 is 11.5 Å². The van der Waals surface area contributed by atoms with E-state index in [-0.39, 0.29) is 29.9 Å². The Kier molecular flexibility index (Phi) is 5.82. The van der Waals surface area contributed by atoms with Crippen molar-refractivity contribution < 1.29 is 5.11 Å². The van der Waals surface area contributed by atoms with Gasteiger partial charge in [0.2, 0.25) is 0 Å². The summed E-state index contributed by atoms with van der Waals surface area (Å²) in [5, 5.41) is 11.8. The van der Waals surface area contributed by atoms with Gasteiger partial charge in [-0.2, -0.15) is 0 Å². The molecule has 1 rings (SSSR count). The Balaban J connectivity index is 3.01. The molecular weight excluding hydrogens is 260 g/mol. The Morgan fingerprint density at radius 1 is 1.35 bits per heavy atom. The van der Waals surface area contributed by atoms with E-state index in [1.54, 1.807) is 0 Å². The van der Waals surface area contributed by atoms with Gasteiger partial charge in [0.15, 0.2) is 0 Å². The van der Waals surface area contributed by atoms with E-state index < -0.39 is 11.2 Å². The lowest BCUT2D eigenvalue weighted by Gasteiger charge is -2.17. The Labute approximate surface area is 117 Å². The molecule has 5 N–H and O–H groups in total. The average Bonchev–Trinajstić information content (AvgIpc) is 2.34. The summed E-state index contributed by atoms with van der Waals surface area (Å²) in [5.74, 6) is 0.593. The topological polar surface area (TPSA) is 113 Å². The summed E-state index contributed by atoms with van der Waals surface area (Å²) in [7, 11) is 0. The highest BCUT2D eigenvalue weighted by atomic mass is 16.3. The van der Waals surface area contributed by atoms with E-state index in [0.29, 0.717) is 19.5 Å². The molecule has 1 aromatic heterocycles. The smallest absolute Gasteiger partial charge is 0.330 e. The van der Waals surface area contributed by atoms with E-state index in [2.05, 4.69) is 10.3 Å². The van der Waals surface area contributed by atoms with Crippen LogP contribution in [0.1, 0.15) is 27.2 Å². The summed E-state index contributed by atoms with van der Waals surface area (Å²) in [5.41, 5.74) is 5.14. The van der Waals surface area contributed by atoms with Crippen LogP contribution in [0.2, 0.25) is 0 Å². The van der Waals surface area contributed by atoms with Crippen LogP contribution < -0.4 is 22.3 Å². The number of nitrogens with two attached hydrogens (primary N) is 1. The summed E-state index contributed by atoms with van der Waals surface area (Å²) < 4.78 is 1.37. The lowest BCUT2D eigenvalue weighted by Crippen LogP contribution is -2.35. The van der Waals surface area contributed by atoms with Crippen LogP contribution in [-0.2, 0) is 6.54 Å². The van der Waals surface area contributed by atoms with Crippen molar-refractivity contribution in [3.8, 4) is 0 Å². The third-order valence-corrected chi connectivity index (χ3v) is 3.04. The molecule has 0 bridgehead atoms. The highest BCUT2D eigenvalue weighted by Crippen LogP contribution is 2.13. The second-order valence-electron chi connectivity index (χ2n) is 5.52. The van der Waals surface area contributed by atoms with Crippen LogP contribution >= 0.6 is 0 Å². The van der Waals surface area contributed by atoms with Crippen molar-refractivity contribution in [1.29, 1.82) is 0 Å². The minimum absolute atomic E-state index is 0.0987. The molecule has 7 nitrogen and oxygen atoms in total. The van der Waals surface area contributed by atoms with Crippen LogP contribution in [0.3, 0.4) is 0 Å². The summed E-state index contributed by atoms with van der Waals surface area (Å²) >= 11 is 0. The molecule has 0 spiro atoms. The van der Waals surface area contributed by atoms with Gasteiger partial charge in [-0.15, -0.1) is 0 Å². The predicted octanol–water partition coefficient (Wildman–Crippen LogP) is 0.205. The number of nitrogens with one attached hydrogen (secondary N) is 2. The van der Waals surface area contributed by atoms with Gasteiger partial charge in [-0.3, -0.25) is 14.3 Å². The first-order valence-corrected chi connectivity index (χ1v) is 6.84. The highest BCUT2D eigenvalue weighted by Gasteiger charge is 2.13. The van der Waals surface area contributed by atoms with Gasteiger partial charge in [-0.1, -0.05) is 20.8 Å². The van der Waals surface area contributed by atoms with E-state index in [4.69, 9.17) is 10.8 Å². The summed E-state index contributed by atoms with van der Waals surface area (Å²) in [4.78, 5) is 25.8. The number of nitrogen functional groups attached to an aromatic ring is 1. The van der Waals surface area contributed by atoms with Gasteiger partial charge in [0, 0.05) is 19.7 Å². The first kappa shape index (κ1) is 16.3. The van der Waals surface area contributed by atoms with Gasteiger partial charge in [0.25, 0.3) is 5.56 Å². The zero-order valence-corrected chi connectivity index (χ0v) is 12.3. The Morgan fingerprint density at radius 3 is 2.55 bits per heavy atom. The number of rotatable bonds is 7. The number of aliphatic hydroxyl groups is 1. The number of aliphatic hydroxyl groups excluding tert-OH is 1. The number of nitrogens with zero attached hydrogens (tertiary/aromatic N) is 1. The second-order valence-corrected chi connectivity index (χ2v) is 5.52. The summed E-state index contributed by atoms with van der Waals surface area (Å²) in [6.45, 7) is 6.94. The largest absolute Gasteiger partial charge is 0.396 e. The molecule has 20 heavy (non-hydrogen) atoms. The molecule has 0 saturated carbocycles. The van der Waals surface area contributed by atoms with Crippen molar-refractivity contribution in [3.05, 3.63) is 20.8 Å². The van der Waals surface area contributed by atoms with Crippen LogP contribution in [0.5, 0.6) is 0 Å². The number of aromatic amines is 1. The molecule has 0 fully saturated rings. The Bertz CT molecular complexity index is 548. The molecule has 1 atom stereocenters. The van der Waals surface area contributed by atoms with Crippen molar-refractivity contribution in [3.63, 3.8) is 0 Å². The fourth-order valence-corrected chi connectivity index (χ4v) is 1.90. The van der Waals surface area contributed by atoms with Crippen LogP contribution in [0, 0.1) is 11.8 Å². The van der Waals surface area contributed by atoms with Crippen molar-refractivity contribution in [2.45, 2.75) is 33.7 Å². The van der Waals surface area contributed by atoms with E-state index in [0.717, 1.165) is 0 Å². The average molecular weight is 284 g/mol. The maximum atomic E-state index is 11.8. The van der Waals surface area contributed by atoms with E-state index >= 15 is 0 Å². The number of hydrogen-bond acceptors (Lipinski definition) is 5. The van der Waals surface area contributed by atoms with Crippen LogP contribution in [0.4, 0.5) is 11.5 Å². The fraction of sp³-hybridized carbons (Fsp3) is 0.692. The predicted molar refractivity (Wildman–Crippen MR) is 79.9 cm³/mol. The zero-order valence-electron chi connectivity index (χ0n) is 12.3. The molecule has 0 radical (unpaired) electrons. The van der Waals surface area contributed by atoms with Gasteiger partial charge < -0.3 is 16.2 Å². The SMILES string of the molecule is CC(C)Cn1c(N)c(NCC(C)CCO)c(=O)[nH]c1=O. The summed E-state index contributed by atoms with van der Waals surface area (Å²) in [6.07, 6.45) is 0.635. The van der Waals surface area contributed by atoms with Gasteiger partial charge in [0.1, 0.15) is 11.5 Å². The minimum Gasteiger partial charge on any atom is -0.396 e. The number of anilines is 2. The van der Waals surface area contributed by atoms with Gasteiger partial charge in [-0.05, 0) is 18.3 Å². The molecular formula is C13H24N4O3.